The molecule has 5 nitrogen and oxygen atoms in total. The first-order valence-electron chi connectivity index (χ1n) is 7.62. The summed E-state index contributed by atoms with van der Waals surface area (Å²) < 4.78 is 6.57. The molecule has 0 aliphatic carbocycles. The molecule has 3 aromatic rings. The average molecular weight is 342 g/mol. The Labute approximate surface area is 143 Å². The number of carbonyl (C=O) groups is 1. The first-order valence-corrected chi connectivity index (χ1v) is 8.43. The van der Waals surface area contributed by atoms with Crippen molar-refractivity contribution in [2.24, 2.45) is 0 Å². The second kappa shape index (κ2) is 6.57. The summed E-state index contributed by atoms with van der Waals surface area (Å²) in [7, 11) is 0. The molecule has 0 fully saturated rings. The summed E-state index contributed by atoms with van der Waals surface area (Å²) in [5.74, 6) is -0.454. The molecule has 124 valence electrons. The summed E-state index contributed by atoms with van der Waals surface area (Å²) in [6.45, 7) is 5.90. The molecule has 0 N–H and O–H groups in total. The van der Waals surface area contributed by atoms with Gasteiger partial charge in [-0.1, -0.05) is 29.8 Å². The van der Waals surface area contributed by atoms with Gasteiger partial charge >= 0.3 is 5.97 Å². The monoisotopic (exact) mass is 342 g/mol. The minimum Gasteiger partial charge on any atom is -0.459 e. The van der Waals surface area contributed by atoms with E-state index in [0.29, 0.717) is 10.2 Å². The van der Waals surface area contributed by atoms with Crippen molar-refractivity contribution in [3.8, 4) is 0 Å². The van der Waals surface area contributed by atoms with Gasteiger partial charge in [0.15, 0.2) is 0 Å². The van der Waals surface area contributed by atoms with E-state index in [1.54, 1.807) is 0 Å². The van der Waals surface area contributed by atoms with Crippen LogP contribution in [-0.4, -0.2) is 15.5 Å². The van der Waals surface area contributed by atoms with E-state index >= 15 is 0 Å². The molecular formula is C18H18N2O3S. The molecule has 6 heteroatoms. The fourth-order valence-corrected chi connectivity index (χ4v) is 3.52. The summed E-state index contributed by atoms with van der Waals surface area (Å²) in [5.41, 5.74) is 2.76. The number of esters is 1. The number of hydrogen-bond donors (Lipinski definition) is 0. The van der Waals surface area contributed by atoms with Gasteiger partial charge in [-0.05, 0) is 31.9 Å². The lowest BCUT2D eigenvalue weighted by molar-refractivity contribution is -0.145. The molecule has 0 bridgehead atoms. The van der Waals surface area contributed by atoms with Crippen LogP contribution in [0, 0.1) is 20.8 Å². The Morgan fingerprint density at radius 3 is 2.83 bits per heavy atom. The number of carbonyl (C=O) groups excluding carboxylic acids is 1. The van der Waals surface area contributed by atoms with Gasteiger partial charge in [0.2, 0.25) is 0 Å². The number of fused-ring (bicyclic) bond motifs is 1. The zero-order valence-electron chi connectivity index (χ0n) is 13.8. The maximum absolute atomic E-state index is 12.5. The van der Waals surface area contributed by atoms with Crippen LogP contribution in [-0.2, 0) is 22.7 Å². The van der Waals surface area contributed by atoms with Crippen molar-refractivity contribution < 1.29 is 9.53 Å². The summed E-state index contributed by atoms with van der Waals surface area (Å²) in [5, 5.41) is 0.589. The Kier molecular flexibility index (Phi) is 4.49. The number of rotatable bonds is 4. The van der Waals surface area contributed by atoms with Crippen LogP contribution in [0.4, 0.5) is 0 Å². The van der Waals surface area contributed by atoms with Crippen molar-refractivity contribution in [2.45, 2.75) is 33.9 Å². The molecule has 0 saturated heterocycles. The van der Waals surface area contributed by atoms with E-state index in [1.165, 1.54) is 22.2 Å². The molecular weight excluding hydrogens is 324 g/mol. The lowest BCUT2D eigenvalue weighted by Gasteiger charge is -2.07. The molecule has 2 aromatic heterocycles. The van der Waals surface area contributed by atoms with Gasteiger partial charge in [0.1, 0.15) is 18.0 Å². The molecule has 0 radical (unpaired) electrons. The predicted octanol–water partition coefficient (Wildman–Crippen LogP) is 3.13. The predicted molar refractivity (Wildman–Crippen MR) is 94.3 cm³/mol. The molecule has 1 aromatic carbocycles. The third-order valence-corrected chi connectivity index (χ3v) is 5.05. The van der Waals surface area contributed by atoms with Gasteiger partial charge in [-0.2, -0.15) is 0 Å². The number of benzene rings is 1. The van der Waals surface area contributed by atoms with E-state index in [1.807, 2.05) is 45.0 Å². The second-order valence-corrected chi connectivity index (χ2v) is 6.99. The third kappa shape index (κ3) is 3.23. The van der Waals surface area contributed by atoms with Crippen LogP contribution < -0.4 is 5.56 Å². The normalized spacial score (nSPS) is 11.0. The summed E-state index contributed by atoms with van der Waals surface area (Å²) in [4.78, 5) is 30.6. The van der Waals surface area contributed by atoms with Crippen LogP contribution in [0.1, 0.15) is 21.6 Å². The largest absolute Gasteiger partial charge is 0.459 e. The molecule has 3 rings (SSSR count). The van der Waals surface area contributed by atoms with E-state index in [4.69, 9.17) is 4.74 Å². The lowest BCUT2D eigenvalue weighted by atomic mass is 10.1. The number of aromatic nitrogens is 2. The fraction of sp³-hybridized carbons (Fsp3) is 0.278. The summed E-state index contributed by atoms with van der Waals surface area (Å²) >= 11 is 1.49. The first-order chi connectivity index (χ1) is 11.5. The molecule has 0 aliphatic heterocycles. The van der Waals surface area contributed by atoms with E-state index in [9.17, 15) is 9.59 Å². The summed E-state index contributed by atoms with van der Waals surface area (Å²) in [6, 6.07) is 7.77. The maximum Gasteiger partial charge on any atom is 0.326 e. The minimum atomic E-state index is -0.454. The highest BCUT2D eigenvalue weighted by molar-refractivity contribution is 7.18. The molecule has 0 aliphatic rings. The quantitative estimate of drug-likeness (QED) is 0.684. The number of hydrogen-bond acceptors (Lipinski definition) is 5. The van der Waals surface area contributed by atoms with Crippen molar-refractivity contribution in [1.29, 1.82) is 0 Å². The highest BCUT2D eigenvalue weighted by Gasteiger charge is 2.14. The zero-order chi connectivity index (χ0) is 17.3. The molecule has 0 saturated carbocycles. The lowest BCUT2D eigenvalue weighted by Crippen LogP contribution is -2.25. The van der Waals surface area contributed by atoms with Crippen LogP contribution in [0.3, 0.4) is 0 Å². The number of aryl methyl sites for hydroxylation is 3. The van der Waals surface area contributed by atoms with Gasteiger partial charge in [-0.25, -0.2) is 4.98 Å². The van der Waals surface area contributed by atoms with Crippen molar-refractivity contribution in [3.63, 3.8) is 0 Å². The van der Waals surface area contributed by atoms with Crippen molar-refractivity contribution in [2.75, 3.05) is 0 Å². The van der Waals surface area contributed by atoms with E-state index < -0.39 is 5.97 Å². The fourth-order valence-electron chi connectivity index (χ4n) is 2.53. The van der Waals surface area contributed by atoms with Crippen LogP contribution in [0.5, 0.6) is 0 Å². The topological polar surface area (TPSA) is 61.2 Å². The molecule has 24 heavy (non-hydrogen) atoms. The Balaban J connectivity index is 1.75. The van der Waals surface area contributed by atoms with Crippen molar-refractivity contribution in [3.05, 3.63) is 62.5 Å². The van der Waals surface area contributed by atoms with Gasteiger partial charge in [0.05, 0.1) is 11.7 Å². The van der Waals surface area contributed by atoms with Gasteiger partial charge in [-0.15, -0.1) is 11.3 Å². The molecule has 0 unspecified atom stereocenters. The second-order valence-electron chi connectivity index (χ2n) is 5.79. The van der Waals surface area contributed by atoms with Gasteiger partial charge < -0.3 is 4.74 Å². The Hall–Kier alpha value is -2.47. The molecule has 2 heterocycles. The van der Waals surface area contributed by atoms with Crippen LogP contribution in [0.15, 0.2) is 35.4 Å². The zero-order valence-corrected chi connectivity index (χ0v) is 14.6. The van der Waals surface area contributed by atoms with Crippen LogP contribution >= 0.6 is 11.3 Å². The molecule has 0 amide bonds. The maximum atomic E-state index is 12.5. The minimum absolute atomic E-state index is 0.137. The first kappa shape index (κ1) is 16.4. The average Bonchev–Trinajstić information content (AvgIpc) is 2.84. The smallest absolute Gasteiger partial charge is 0.326 e. The number of ether oxygens (including phenoxy) is 1. The van der Waals surface area contributed by atoms with Crippen LogP contribution in [0.2, 0.25) is 0 Å². The van der Waals surface area contributed by atoms with Gasteiger partial charge in [-0.3, -0.25) is 14.2 Å². The van der Waals surface area contributed by atoms with E-state index in [-0.39, 0.29) is 18.7 Å². The van der Waals surface area contributed by atoms with Crippen molar-refractivity contribution >= 4 is 27.5 Å². The van der Waals surface area contributed by atoms with Crippen molar-refractivity contribution in [1.82, 2.24) is 9.55 Å². The van der Waals surface area contributed by atoms with Crippen LogP contribution in [0.25, 0.3) is 10.2 Å². The number of nitrogens with zero attached hydrogens (tertiary/aromatic N) is 2. The summed E-state index contributed by atoms with van der Waals surface area (Å²) in [6.07, 6.45) is 1.41. The SMILES string of the molecule is Cc1cccc(COC(=O)Cn2cnc3sc(C)c(C)c3c2=O)c1. The molecule has 0 atom stereocenters. The van der Waals surface area contributed by atoms with Gasteiger partial charge in [0.25, 0.3) is 5.56 Å². The highest BCUT2D eigenvalue weighted by atomic mass is 32.1. The highest BCUT2D eigenvalue weighted by Crippen LogP contribution is 2.25. The Morgan fingerprint density at radius 1 is 1.29 bits per heavy atom. The third-order valence-electron chi connectivity index (χ3n) is 3.94. The Morgan fingerprint density at radius 2 is 2.08 bits per heavy atom. The van der Waals surface area contributed by atoms with E-state index in [0.717, 1.165) is 21.6 Å². The Bertz CT molecular complexity index is 972. The van der Waals surface area contributed by atoms with Gasteiger partial charge in [0, 0.05) is 4.88 Å². The molecule has 0 spiro atoms. The number of thiophene rings is 1. The van der Waals surface area contributed by atoms with E-state index in [2.05, 4.69) is 4.98 Å². The standard InChI is InChI=1S/C18H18N2O3S/c1-11-5-4-6-14(7-11)9-23-15(21)8-20-10-19-17-16(18(20)22)12(2)13(3)24-17/h4-7,10H,8-9H2,1-3H3.